The molecule has 1 aromatic rings. The van der Waals surface area contributed by atoms with Gasteiger partial charge in [-0.05, 0) is 18.4 Å². The van der Waals surface area contributed by atoms with E-state index in [0.717, 1.165) is 31.2 Å². The molecule has 1 saturated carbocycles. The molecule has 2 N–H and O–H groups in total. The minimum absolute atomic E-state index is 0.0231. The van der Waals surface area contributed by atoms with Crippen molar-refractivity contribution in [2.45, 2.75) is 45.1 Å². The molecule has 2 rings (SSSR count). The lowest BCUT2D eigenvalue weighted by Gasteiger charge is -2.26. The van der Waals surface area contributed by atoms with Crippen molar-refractivity contribution in [3.05, 3.63) is 35.9 Å². The van der Waals surface area contributed by atoms with Crippen molar-refractivity contribution in [3.8, 4) is 0 Å². The van der Waals surface area contributed by atoms with E-state index in [-0.39, 0.29) is 17.7 Å². The fraction of sp³-hybridized carbons (Fsp3) is 0.500. The predicted molar refractivity (Wildman–Crippen MR) is 76.2 cm³/mol. The molecule has 4 nitrogen and oxygen atoms in total. The van der Waals surface area contributed by atoms with E-state index in [4.69, 9.17) is 5.11 Å². The van der Waals surface area contributed by atoms with Gasteiger partial charge in [-0.25, -0.2) is 0 Å². The number of aliphatic carboxylic acids is 1. The van der Waals surface area contributed by atoms with Crippen molar-refractivity contribution in [1.82, 2.24) is 5.32 Å². The van der Waals surface area contributed by atoms with E-state index in [1.807, 2.05) is 37.3 Å². The Morgan fingerprint density at radius 3 is 2.40 bits per heavy atom. The highest BCUT2D eigenvalue weighted by atomic mass is 16.4. The van der Waals surface area contributed by atoms with Gasteiger partial charge in [0, 0.05) is 5.41 Å². The van der Waals surface area contributed by atoms with E-state index in [9.17, 15) is 9.59 Å². The lowest BCUT2D eigenvalue weighted by atomic mass is 9.87. The molecule has 0 spiro atoms. The van der Waals surface area contributed by atoms with Gasteiger partial charge in [0.05, 0.1) is 12.5 Å². The molecular formula is C16H21NO3. The molecule has 1 amide bonds. The molecule has 0 aliphatic heterocycles. The van der Waals surface area contributed by atoms with Crippen molar-refractivity contribution in [1.29, 1.82) is 0 Å². The Morgan fingerprint density at radius 1 is 1.25 bits per heavy atom. The highest BCUT2D eigenvalue weighted by Crippen LogP contribution is 2.38. The lowest BCUT2D eigenvalue weighted by Crippen LogP contribution is -2.40. The maximum Gasteiger partial charge on any atom is 0.305 e. The maximum absolute atomic E-state index is 12.4. The predicted octanol–water partition coefficient (Wildman–Crippen LogP) is 2.90. The largest absolute Gasteiger partial charge is 0.481 e. The van der Waals surface area contributed by atoms with Crippen LogP contribution in [0.5, 0.6) is 0 Å². The highest BCUT2D eigenvalue weighted by molar-refractivity contribution is 5.83. The molecule has 1 atom stereocenters. The standard InChI is InChI=1S/C16H21NO3/c1-16(9-5-6-10-16)15(20)17-13(11-14(18)19)12-7-3-2-4-8-12/h2-4,7-8,13H,5-6,9-11H2,1H3,(H,17,20)(H,18,19). The lowest BCUT2D eigenvalue weighted by molar-refractivity contribution is -0.138. The number of carboxylic acids is 1. The third-order valence-corrected chi connectivity index (χ3v) is 4.14. The molecule has 0 aromatic heterocycles. The number of nitrogens with one attached hydrogen (secondary N) is 1. The molecule has 1 unspecified atom stereocenters. The molecule has 0 radical (unpaired) electrons. The smallest absolute Gasteiger partial charge is 0.305 e. The van der Waals surface area contributed by atoms with Crippen molar-refractivity contribution >= 4 is 11.9 Å². The zero-order valence-electron chi connectivity index (χ0n) is 11.8. The number of hydrogen-bond donors (Lipinski definition) is 2. The summed E-state index contributed by atoms with van der Waals surface area (Å²) < 4.78 is 0. The molecule has 1 aromatic carbocycles. The quantitative estimate of drug-likeness (QED) is 0.868. The summed E-state index contributed by atoms with van der Waals surface area (Å²) >= 11 is 0. The summed E-state index contributed by atoms with van der Waals surface area (Å²) in [6.07, 6.45) is 3.81. The summed E-state index contributed by atoms with van der Waals surface area (Å²) in [4.78, 5) is 23.4. The van der Waals surface area contributed by atoms with Gasteiger partial charge in [-0.2, -0.15) is 0 Å². The summed E-state index contributed by atoms with van der Waals surface area (Å²) in [5, 5.41) is 12.0. The second-order valence-electron chi connectivity index (χ2n) is 5.80. The Kier molecular flexibility index (Phi) is 4.42. The first kappa shape index (κ1) is 14.6. The van der Waals surface area contributed by atoms with Crippen LogP contribution in [0.4, 0.5) is 0 Å². The minimum atomic E-state index is -0.907. The third kappa shape index (κ3) is 3.38. The Labute approximate surface area is 119 Å². The Morgan fingerprint density at radius 2 is 1.85 bits per heavy atom. The van der Waals surface area contributed by atoms with Crippen LogP contribution < -0.4 is 5.32 Å². The van der Waals surface area contributed by atoms with Gasteiger partial charge in [-0.1, -0.05) is 50.1 Å². The van der Waals surface area contributed by atoms with Crippen LogP contribution in [0, 0.1) is 5.41 Å². The molecule has 0 heterocycles. The van der Waals surface area contributed by atoms with E-state index in [1.165, 1.54) is 0 Å². The number of carbonyl (C=O) groups is 2. The zero-order valence-corrected chi connectivity index (χ0v) is 11.8. The van der Waals surface area contributed by atoms with E-state index in [0.29, 0.717) is 0 Å². The fourth-order valence-electron chi connectivity index (χ4n) is 2.83. The number of amides is 1. The van der Waals surface area contributed by atoms with Crippen LogP contribution in [0.25, 0.3) is 0 Å². The molecule has 20 heavy (non-hydrogen) atoms. The van der Waals surface area contributed by atoms with Gasteiger partial charge in [-0.3, -0.25) is 9.59 Å². The second-order valence-corrected chi connectivity index (χ2v) is 5.80. The summed E-state index contributed by atoms with van der Waals surface area (Å²) in [7, 11) is 0. The van der Waals surface area contributed by atoms with E-state index >= 15 is 0 Å². The van der Waals surface area contributed by atoms with Gasteiger partial charge in [0.1, 0.15) is 0 Å². The van der Waals surface area contributed by atoms with Gasteiger partial charge < -0.3 is 10.4 Å². The van der Waals surface area contributed by atoms with E-state index in [1.54, 1.807) is 0 Å². The number of hydrogen-bond acceptors (Lipinski definition) is 2. The van der Waals surface area contributed by atoms with Crippen LogP contribution in [0.1, 0.15) is 50.6 Å². The van der Waals surface area contributed by atoms with Crippen LogP contribution in [0.3, 0.4) is 0 Å². The first-order valence-electron chi connectivity index (χ1n) is 7.09. The van der Waals surface area contributed by atoms with Crippen LogP contribution >= 0.6 is 0 Å². The molecule has 108 valence electrons. The molecule has 1 fully saturated rings. The number of carboxylic acid groups (broad SMARTS) is 1. The van der Waals surface area contributed by atoms with E-state index in [2.05, 4.69) is 5.32 Å². The molecule has 0 saturated heterocycles. The van der Waals surface area contributed by atoms with Gasteiger partial charge >= 0.3 is 5.97 Å². The maximum atomic E-state index is 12.4. The van der Waals surface area contributed by atoms with Gasteiger partial charge in [0.15, 0.2) is 0 Å². The van der Waals surface area contributed by atoms with Crippen LogP contribution in [0.2, 0.25) is 0 Å². The average molecular weight is 275 g/mol. The Hall–Kier alpha value is -1.84. The third-order valence-electron chi connectivity index (χ3n) is 4.14. The average Bonchev–Trinajstić information content (AvgIpc) is 2.87. The Balaban J connectivity index is 2.12. The molecular weight excluding hydrogens is 254 g/mol. The minimum Gasteiger partial charge on any atom is -0.481 e. The second kappa shape index (κ2) is 6.07. The normalized spacial score (nSPS) is 18.4. The number of benzene rings is 1. The Bertz CT molecular complexity index is 478. The molecule has 0 bridgehead atoms. The van der Waals surface area contributed by atoms with Crippen LogP contribution in [0.15, 0.2) is 30.3 Å². The van der Waals surface area contributed by atoms with Crippen molar-refractivity contribution in [2.24, 2.45) is 5.41 Å². The van der Waals surface area contributed by atoms with Gasteiger partial charge in [-0.15, -0.1) is 0 Å². The van der Waals surface area contributed by atoms with Crippen molar-refractivity contribution in [3.63, 3.8) is 0 Å². The highest BCUT2D eigenvalue weighted by Gasteiger charge is 2.37. The monoisotopic (exact) mass is 275 g/mol. The van der Waals surface area contributed by atoms with Crippen LogP contribution in [-0.4, -0.2) is 17.0 Å². The number of carbonyl (C=O) groups excluding carboxylic acids is 1. The zero-order chi connectivity index (χ0) is 14.6. The summed E-state index contributed by atoms with van der Waals surface area (Å²) in [5.41, 5.74) is 0.496. The summed E-state index contributed by atoms with van der Waals surface area (Å²) in [6.45, 7) is 1.97. The summed E-state index contributed by atoms with van der Waals surface area (Å²) in [5.74, 6) is -0.930. The topological polar surface area (TPSA) is 66.4 Å². The first-order valence-corrected chi connectivity index (χ1v) is 7.09. The van der Waals surface area contributed by atoms with Crippen molar-refractivity contribution in [2.75, 3.05) is 0 Å². The van der Waals surface area contributed by atoms with E-state index < -0.39 is 12.0 Å². The van der Waals surface area contributed by atoms with Gasteiger partial charge in [0.25, 0.3) is 0 Å². The van der Waals surface area contributed by atoms with Crippen molar-refractivity contribution < 1.29 is 14.7 Å². The van der Waals surface area contributed by atoms with Crippen LogP contribution in [-0.2, 0) is 9.59 Å². The SMILES string of the molecule is CC1(C(=O)NC(CC(=O)O)c2ccccc2)CCCC1. The molecule has 1 aliphatic carbocycles. The fourth-order valence-corrected chi connectivity index (χ4v) is 2.83. The molecule has 4 heteroatoms. The molecule has 1 aliphatic rings. The van der Waals surface area contributed by atoms with Gasteiger partial charge in [0.2, 0.25) is 5.91 Å². The summed E-state index contributed by atoms with van der Waals surface area (Å²) in [6, 6.07) is 8.83. The first-order chi connectivity index (χ1) is 9.51. The number of rotatable bonds is 5.